The summed E-state index contributed by atoms with van der Waals surface area (Å²) in [5, 5.41) is 14.4. The van der Waals surface area contributed by atoms with Crippen LogP contribution in [0.3, 0.4) is 0 Å². The van der Waals surface area contributed by atoms with Crippen LogP contribution >= 0.6 is 23.4 Å². The molecule has 0 amide bonds. The van der Waals surface area contributed by atoms with E-state index in [-0.39, 0.29) is 0 Å². The average Bonchev–Trinajstić information content (AvgIpc) is 3.18. The third kappa shape index (κ3) is 3.36. The second-order valence-electron chi connectivity index (χ2n) is 5.85. The van der Waals surface area contributed by atoms with Gasteiger partial charge in [-0.15, -0.1) is 5.10 Å². The van der Waals surface area contributed by atoms with Crippen molar-refractivity contribution in [1.29, 1.82) is 0 Å². The minimum atomic E-state index is 0.556. The summed E-state index contributed by atoms with van der Waals surface area (Å²) in [7, 11) is 1.62. The number of nitrogens with zero attached hydrogens (tertiary/aromatic N) is 5. The van der Waals surface area contributed by atoms with Crippen LogP contribution in [-0.4, -0.2) is 32.3 Å². The second-order valence-corrected chi connectivity index (χ2v) is 7.17. The van der Waals surface area contributed by atoms with Crippen LogP contribution in [0.2, 0.25) is 5.02 Å². The number of fused-ring (bicyclic) bond motifs is 1. The Morgan fingerprint density at radius 2 is 1.89 bits per heavy atom. The molecule has 8 heteroatoms. The van der Waals surface area contributed by atoms with Crippen molar-refractivity contribution >= 4 is 34.3 Å². The van der Waals surface area contributed by atoms with Crippen LogP contribution in [0.1, 0.15) is 11.3 Å². The molecule has 0 N–H and O–H groups in total. The maximum Gasteiger partial charge on any atom is 0.214 e. The Morgan fingerprint density at radius 1 is 1.11 bits per heavy atom. The van der Waals surface area contributed by atoms with Gasteiger partial charge in [-0.3, -0.25) is 4.98 Å². The van der Waals surface area contributed by atoms with Crippen LogP contribution in [0, 0.1) is 6.92 Å². The van der Waals surface area contributed by atoms with Crippen LogP contribution in [0.4, 0.5) is 0 Å². The zero-order valence-corrected chi connectivity index (χ0v) is 16.3. The van der Waals surface area contributed by atoms with Crippen molar-refractivity contribution in [2.24, 2.45) is 0 Å². The summed E-state index contributed by atoms with van der Waals surface area (Å²) in [4.78, 5) is 4.72. The first-order chi connectivity index (χ1) is 13.2. The predicted octanol–water partition coefficient (Wildman–Crippen LogP) is 4.47. The second kappa shape index (κ2) is 7.54. The fourth-order valence-electron chi connectivity index (χ4n) is 2.87. The number of tetrazole rings is 1. The molecule has 0 atom stereocenters. The summed E-state index contributed by atoms with van der Waals surface area (Å²) >= 11 is 8.04. The van der Waals surface area contributed by atoms with Gasteiger partial charge < -0.3 is 4.74 Å². The molecule has 2 aromatic carbocycles. The highest BCUT2D eigenvalue weighted by molar-refractivity contribution is 7.98. The Hall–Kier alpha value is -2.64. The van der Waals surface area contributed by atoms with Gasteiger partial charge in [-0.25, -0.2) is 0 Å². The highest BCUT2D eigenvalue weighted by Crippen LogP contribution is 2.32. The molecule has 2 heterocycles. The highest BCUT2D eigenvalue weighted by atomic mass is 35.5. The Labute approximate surface area is 165 Å². The molecule has 4 rings (SSSR count). The van der Waals surface area contributed by atoms with Gasteiger partial charge in [-0.05, 0) is 41.1 Å². The molecule has 4 aromatic rings. The maximum atomic E-state index is 6.56. The Bertz CT molecular complexity index is 1110. The molecule has 6 nitrogen and oxygen atoms in total. The first kappa shape index (κ1) is 17.8. The highest BCUT2D eigenvalue weighted by Gasteiger charge is 2.16. The van der Waals surface area contributed by atoms with Crippen LogP contribution in [0.25, 0.3) is 16.6 Å². The van der Waals surface area contributed by atoms with Gasteiger partial charge in [0.15, 0.2) is 0 Å². The first-order valence-corrected chi connectivity index (χ1v) is 9.63. The Balaban J connectivity index is 1.65. The van der Waals surface area contributed by atoms with E-state index in [2.05, 4.69) is 15.5 Å². The SMILES string of the molecule is COc1ccccc1-n1nnnc1SCc1nc2ccccc2c(C)c1Cl. The van der Waals surface area contributed by atoms with E-state index >= 15 is 0 Å². The first-order valence-electron chi connectivity index (χ1n) is 8.27. The van der Waals surface area contributed by atoms with E-state index in [1.165, 1.54) is 11.8 Å². The summed E-state index contributed by atoms with van der Waals surface area (Å²) < 4.78 is 7.07. The van der Waals surface area contributed by atoms with Gasteiger partial charge in [0.1, 0.15) is 11.4 Å². The van der Waals surface area contributed by atoms with Crippen molar-refractivity contribution in [3.8, 4) is 11.4 Å². The normalized spacial score (nSPS) is 11.1. The van der Waals surface area contributed by atoms with E-state index < -0.39 is 0 Å². The minimum absolute atomic E-state index is 0.556. The zero-order valence-electron chi connectivity index (χ0n) is 14.8. The predicted molar refractivity (Wildman–Crippen MR) is 107 cm³/mol. The van der Waals surface area contributed by atoms with Crippen LogP contribution in [0.15, 0.2) is 53.7 Å². The molecule has 0 bridgehead atoms. The molecule has 2 aromatic heterocycles. The molecular formula is C19H16ClN5OS. The number of benzene rings is 2. The quantitative estimate of drug-likeness (QED) is 0.463. The third-order valence-electron chi connectivity index (χ3n) is 4.24. The van der Waals surface area contributed by atoms with Gasteiger partial charge in [-0.1, -0.05) is 53.7 Å². The number of methoxy groups -OCH3 is 1. The van der Waals surface area contributed by atoms with E-state index in [1.54, 1.807) is 11.8 Å². The molecule has 0 saturated carbocycles. The molecule has 0 fully saturated rings. The summed E-state index contributed by atoms with van der Waals surface area (Å²) in [6, 6.07) is 15.6. The van der Waals surface area contributed by atoms with Crippen molar-refractivity contribution in [1.82, 2.24) is 25.2 Å². The zero-order chi connectivity index (χ0) is 18.8. The molecule has 0 spiro atoms. The van der Waals surface area contributed by atoms with Crippen LogP contribution in [-0.2, 0) is 5.75 Å². The molecule has 0 saturated heterocycles. The number of para-hydroxylation sites is 3. The Morgan fingerprint density at radius 3 is 2.74 bits per heavy atom. The van der Waals surface area contributed by atoms with Crippen molar-refractivity contribution in [3.05, 3.63) is 64.8 Å². The summed E-state index contributed by atoms with van der Waals surface area (Å²) in [6.45, 7) is 2.01. The lowest BCUT2D eigenvalue weighted by atomic mass is 10.1. The lowest BCUT2D eigenvalue weighted by molar-refractivity contribution is 0.410. The molecule has 0 aliphatic rings. The number of hydrogen-bond donors (Lipinski definition) is 0. The van der Waals surface area contributed by atoms with Crippen LogP contribution in [0.5, 0.6) is 5.75 Å². The summed E-state index contributed by atoms with van der Waals surface area (Å²) in [6.07, 6.45) is 0. The number of aryl methyl sites for hydroxylation is 1. The minimum Gasteiger partial charge on any atom is -0.494 e. The average molecular weight is 398 g/mol. The van der Waals surface area contributed by atoms with E-state index in [1.807, 2.05) is 55.5 Å². The molecular weight excluding hydrogens is 382 g/mol. The number of pyridine rings is 1. The van der Waals surface area contributed by atoms with Gasteiger partial charge in [0.2, 0.25) is 5.16 Å². The maximum absolute atomic E-state index is 6.56. The number of aromatic nitrogens is 5. The van der Waals surface area contributed by atoms with Gasteiger partial charge in [-0.2, -0.15) is 4.68 Å². The lowest BCUT2D eigenvalue weighted by Crippen LogP contribution is -2.02. The van der Waals surface area contributed by atoms with Crippen LogP contribution < -0.4 is 4.74 Å². The summed E-state index contributed by atoms with van der Waals surface area (Å²) in [5.41, 5.74) is 3.55. The lowest BCUT2D eigenvalue weighted by Gasteiger charge is -2.11. The molecule has 0 radical (unpaired) electrons. The van der Waals surface area contributed by atoms with Crippen molar-refractivity contribution < 1.29 is 4.74 Å². The molecule has 136 valence electrons. The molecule has 0 aliphatic heterocycles. The molecule has 0 aliphatic carbocycles. The number of rotatable bonds is 5. The van der Waals surface area contributed by atoms with Gasteiger partial charge >= 0.3 is 0 Å². The fraction of sp³-hybridized carbons (Fsp3) is 0.158. The van der Waals surface area contributed by atoms with Crippen molar-refractivity contribution in [3.63, 3.8) is 0 Å². The largest absolute Gasteiger partial charge is 0.494 e. The van der Waals surface area contributed by atoms with E-state index in [0.717, 1.165) is 27.8 Å². The number of halogens is 1. The summed E-state index contributed by atoms with van der Waals surface area (Å²) in [5.74, 6) is 1.25. The number of hydrogen-bond acceptors (Lipinski definition) is 6. The van der Waals surface area contributed by atoms with Gasteiger partial charge in [0.25, 0.3) is 0 Å². The number of thioether (sulfide) groups is 1. The van der Waals surface area contributed by atoms with E-state index in [0.29, 0.717) is 21.7 Å². The molecule has 0 unspecified atom stereocenters. The monoisotopic (exact) mass is 397 g/mol. The van der Waals surface area contributed by atoms with Gasteiger partial charge in [0, 0.05) is 11.1 Å². The van der Waals surface area contributed by atoms with E-state index in [9.17, 15) is 0 Å². The van der Waals surface area contributed by atoms with Crippen molar-refractivity contribution in [2.45, 2.75) is 17.8 Å². The third-order valence-corrected chi connectivity index (χ3v) is 5.67. The van der Waals surface area contributed by atoms with Gasteiger partial charge in [0.05, 0.1) is 23.3 Å². The van der Waals surface area contributed by atoms with E-state index in [4.69, 9.17) is 21.3 Å². The number of ether oxygens (including phenoxy) is 1. The Kier molecular flexibility index (Phi) is 4.96. The molecule has 27 heavy (non-hydrogen) atoms. The topological polar surface area (TPSA) is 65.7 Å². The van der Waals surface area contributed by atoms with Crippen molar-refractivity contribution in [2.75, 3.05) is 7.11 Å². The standard InChI is InChI=1S/C19H16ClN5OS/c1-12-13-7-3-4-8-14(13)21-15(18(12)20)11-27-19-22-23-24-25(19)16-9-5-6-10-17(16)26-2/h3-10H,11H2,1-2H3. The fourth-order valence-corrected chi connectivity index (χ4v) is 3.99. The smallest absolute Gasteiger partial charge is 0.214 e.